The van der Waals surface area contributed by atoms with Gasteiger partial charge in [-0.15, -0.1) is 0 Å². The van der Waals surface area contributed by atoms with Crippen LogP contribution in [0.25, 0.3) is 0 Å². The molecule has 0 radical (unpaired) electrons. The molecular formula is C51H82O23. The van der Waals surface area contributed by atoms with Gasteiger partial charge in [0.05, 0.1) is 44.2 Å². The summed E-state index contributed by atoms with van der Waals surface area (Å²) in [6.07, 6.45) is -22.7. The third-order valence-electron chi connectivity index (χ3n) is 19.9. The number of rotatable bonds is 11. The van der Waals surface area contributed by atoms with Gasteiger partial charge in [0.25, 0.3) is 0 Å². The van der Waals surface area contributed by atoms with E-state index < -0.39 is 154 Å². The van der Waals surface area contributed by atoms with Crippen molar-refractivity contribution in [1.82, 2.24) is 0 Å². The third kappa shape index (κ3) is 9.29. The lowest BCUT2D eigenvalue weighted by Crippen LogP contribution is -2.66. The summed E-state index contributed by atoms with van der Waals surface area (Å²) < 4.78 is 61.9. The second-order valence-electron chi connectivity index (χ2n) is 23.9. The van der Waals surface area contributed by atoms with Crippen molar-refractivity contribution in [3.05, 3.63) is 11.6 Å². The van der Waals surface area contributed by atoms with Crippen molar-refractivity contribution in [3.8, 4) is 0 Å². The van der Waals surface area contributed by atoms with E-state index in [0.29, 0.717) is 37.0 Å². The molecule has 23 heteroatoms. The van der Waals surface area contributed by atoms with Crippen LogP contribution in [-0.4, -0.2) is 240 Å². The molecule has 424 valence electrons. The van der Waals surface area contributed by atoms with Crippen LogP contribution in [0.5, 0.6) is 0 Å². The molecule has 6 aliphatic heterocycles. The van der Waals surface area contributed by atoms with Gasteiger partial charge < -0.3 is 114 Å². The van der Waals surface area contributed by atoms with Gasteiger partial charge in [-0.3, -0.25) is 0 Å². The smallest absolute Gasteiger partial charge is 0.198 e. The lowest BCUT2D eigenvalue weighted by molar-refractivity contribution is -0.386. The fourth-order valence-electron chi connectivity index (χ4n) is 15.6. The molecule has 0 bridgehead atoms. The van der Waals surface area contributed by atoms with Gasteiger partial charge in [0.2, 0.25) is 0 Å². The topological polar surface area (TPSA) is 355 Å². The molecule has 3 saturated carbocycles. The van der Waals surface area contributed by atoms with Crippen LogP contribution in [0.15, 0.2) is 11.6 Å². The zero-order chi connectivity index (χ0) is 53.1. The molecule has 6 heterocycles. The third-order valence-corrected chi connectivity index (χ3v) is 19.9. The number of allylic oxidation sites excluding steroid dienone is 1. The van der Waals surface area contributed by atoms with Crippen LogP contribution in [0, 0.1) is 46.3 Å². The first-order valence-electron chi connectivity index (χ1n) is 27.0. The highest BCUT2D eigenvalue weighted by Crippen LogP contribution is 2.71. The Balaban J connectivity index is 0.788. The number of fused-ring (bicyclic) bond motifs is 7. The number of hydrogen-bond donors (Lipinski definition) is 13. The number of aliphatic hydroxyl groups excluding tert-OH is 13. The van der Waals surface area contributed by atoms with E-state index in [2.05, 4.69) is 26.8 Å². The van der Waals surface area contributed by atoms with Crippen LogP contribution < -0.4 is 0 Å². The fraction of sp³-hybridized carbons (Fsp3) is 0.961. The second kappa shape index (κ2) is 21.4. The number of aliphatic hydroxyl groups is 13. The Morgan fingerprint density at radius 3 is 1.86 bits per heavy atom. The quantitative estimate of drug-likeness (QED) is 0.0918. The Bertz CT molecular complexity index is 1970. The molecule has 32 atom stereocenters. The van der Waals surface area contributed by atoms with Gasteiger partial charge in [-0.25, -0.2) is 0 Å². The highest BCUT2D eigenvalue weighted by Gasteiger charge is 2.71. The van der Waals surface area contributed by atoms with Crippen molar-refractivity contribution in [1.29, 1.82) is 0 Å². The van der Waals surface area contributed by atoms with E-state index in [4.69, 9.17) is 47.4 Å². The standard InChI is InChI=1S/C51H82O23/c1-19-32-28(74-51(19)31(12-22(15-52)18-65-51)71-47-41(63)37(59)35(57)29(16-53)69-47)14-27-25-7-6-23-13-24(8-10-49(23,4)26(25)9-11-50(27,32)5)68-46-42(64)39(61)43(30(17-54)70-46)72-48-44(38(60)34(56)21(3)67-48)73-45-40(62)36(58)33(55)20(2)66-45/h6,19-22,24-48,52-64H,7-18H2,1-5H3/t19-,20-,21-,22-,24-,25+,26-,27-,28-,29+,30+,31-,32-,33-,34-,35+,36+,37-,38+,39+,40+,41+,42+,43+,44+,45-,46+,47-,48-,49-,50-,51-/m0/s1. The first-order valence-corrected chi connectivity index (χ1v) is 27.0. The monoisotopic (exact) mass is 1060 g/mol. The van der Waals surface area contributed by atoms with Gasteiger partial charge in [0.1, 0.15) is 91.6 Å². The summed E-state index contributed by atoms with van der Waals surface area (Å²) in [4.78, 5) is 0. The van der Waals surface area contributed by atoms with E-state index in [9.17, 15) is 66.4 Å². The highest BCUT2D eigenvalue weighted by atomic mass is 16.8. The molecule has 9 fully saturated rings. The summed E-state index contributed by atoms with van der Waals surface area (Å²) in [6, 6.07) is 0. The fourth-order valence-corrected chi connectivity index (χ4v) is 15.6. The van der Waals surface area contributed by atoms with E-state index in [0.717, 1.165) is 32.1 Å². The zero-order valence-electron chi connectivity index (χ0n) is 42.7. The summed E-state index contributed by atoms with van der Waals surface area (Å²) in [7, 11) is 0. The van der Waals surface area contributed by atoms with Crippen LogP contribution in [0.2, 0.25) is 0 Å². The molecular weight excluding hydrogens is 981 g/mol. The second-order valence-corrected chi connectivity index (χ2v) is 23.9. The lowest BCUT2D eigenvalue weighted by atomic mass is 9.47. The number of ether oxygens (including phenoxy) is 10. The van der Waals surface area contributed by atoms with Gasteiger partial charge in [-0.1, -0.05) is 32.4 Å². The molecule has 0 unspecified atom stereocenters. The molecule has 0 aromatic carbocycles. The average molecular weight is 1060 g/mol. The molecule has 13 N–H and O–H groups in total. The largest absolute Gasteiger partial charge is 0.396 e. The lowest BCUT2D eigenvalue weighted by Gasteiger charge is -2.59. The van der Waals surface area contributed by atoms with Gasteiger partial charge in [-0.2, -0.15) is 0 Å². The van der Waals surface area contributed by atoms with Gasteiger partial charge in [0.15, 0.2) is 30.9 Å². The van der Waals surface area contributed by atoms with Crippen molar-refractivity contribution in [2.24, 2.45) is 46.3 Å². The predicted molar refractivity (Wildman–Crippen MR) is 248 cm³/mol. The Morgan fingerprint density at radius 2 is 1.18 bits per heavy atom. The first kappa shape index (κ1) is 56.1. The molecule has 23 nitrogen and oxygen atoms in total. The summed E-state index contributed by atoms with van der Waals surface area (Å²) in [6.45, 7) is 8.58. The molecule has 74 heavy (non-hydrogen) atoms. The number of hydrogen-bond acceptors (Lipinski definition) is 23. The zero-order valence-corrected chi connectivity index (χ0v) is 42.7. The Morgan fingerprint density at radius 1 is 0.581 bits per heavy atom. The van der Waals surface area contributed by atoms with Crippen molar-refractivity contribution in [2.45, 2.75) is 233 Å². The highest BCUT2D eigenvalue weighted by molar-refractivity contribution is 5.27. The molecule has 0 aromatic rings. The molecule has 1 spiro atoms. The summed E-state index contributed by atoms with van der Waals surface area (Å²) in [5.74, 6) is -0.484. The Labute approximate surface area is 430 Å². The van der Waals surface area contributed by atoms with E-state index >= 15 is 0 Å². The van der Waals surface area contributed by atoms with E-state index in [-0.39, 0.29) is 47.9 Å². The maximum Gasteiger partial charge on any atom is 0.198 e. The average Bonchev–Trinajstić information content (AvgIpc) is 3.84. The minimum atomic E-state index is -1.77. The van der Waals surface area contributed by atoms with Crippen molar-refractivity contribution >= 4 is 0 Å². The Hall–Kier alpha value is -1.18. The minimum absolute atomic E-state index is 0.0975. The van der Waals surface area contributed by atoms with Crippen LogP contribution in [0.3, 0.4) is 0 Å². The molecule has 6 saturated heterocycles. The molecule has 10 aliphatic rings. The van der Waals surface area contributed by atoms with Crippen molar-refractivity contribution < 1.29 is 114 Å². The van der Waals surface area contributed by atoms with Crippen LogP contribution in [-0.2, 0) is 47.4 Å². The van der Waals surface area contributed by atoms with Crippen LogP contribution in [0.1, 0.15) is 86.0 Å². The maximum absolute atomic E-state index is 11.6. The molecule has 0 amide bonds. The van der Waals surface area contributed by atoms with Crippen molar-refractivity contribution in [3.63, 3.8) is 0 Å². The SMILES string of the molecule is C[C@@H]1O[C@@H](O[C@H]2[C@H](O[C@H]3[C@H](O)[C@@H](O)[C@H](O[C@H]4CC[C@@]5(C)C(=CC[C@H]6[C@@H]7C[C@@H]8O[C@@]9(OC[C@H](CO)C[C@@H]9O[C@@H]9O[C@H](CO)[C@@H](O)[C@H](O)[C@H]9O)[C@@H](C)[C@@H]8[C@@]7(C)CC[C@@H]65)C4)O[C@@H]3CO)O[C@@H](C)[C@H](O)[C@H]2O)[C@H](O)[C@H](O)[C@H]1O. The Kier molecular flexibility index (Phi) is 16.2. The van der Waals surface area contributed by atoms with E-state index in [1.54, 1.807) is 0 Å². The van der Waals surface area contributed by atoms with Crippen LogP contribution in [0.4, 0.5) is 0 Å². The van der Waals surface area contributed by atoms with Gasteiger partial charge in [0, 0.05) is 18.4 Å². The molecule has 0 aromatic heterocycles. The molecule has 10 rings (SSSR count). The first-order chi connectivity index (χ1) is 35.1. The van der Waals surface area contributed by atoms with Crippen LogP contribution >= 0.6 is 0 Å². The van der Waals surface area contributed by atoms with E-state index in [1.807, 2.05) is 0 Å². The molecule has 4 aliphatic carbocycles. The normalized spacial score (nSPS) is 57.5. The predicted octanol–water partition coefficient (Wildman–Crippen LogP) is -2.99. The summed E-state index contributed by atoms with van der Waals surface area (Å²) in [5.41, 5.74) is 1.02. The summed E-state index contributed by atoms with van der Waals surface area (Å²) in [5, 5.41) is 139. The van der Waals surface area contributed by atoms with Crippen molar-refractivity contribution in [2.75, 3.05) is 26.4 Å². The van der Waals surface area contributed by atoms with Gasteiger partial charge >= 0.3 is 0 Å². The minimum Gasteiger partial charge on any atom is -0.396 e. The maximum atomic E-state index is 11.6. The summed E-state index contributed by atoms with van der Waals surface area (Å²) >= 11 is 0. The van der Waals surface area contributed by atoms with E-state index in [1.165, 1.54) is 19.4 Å². The van der Waals surface area contributed by atoms with Gasteiger partial charge in [-0.05, 0) is 99.7 Å².